The summed E-state index contributed by atoms with van der Waals surface area (Å²) in [5.74, 6) is 0.948. The second-order valence-corrected chi connectivity index (χ2v) is 4.55. The maximum atomic E-state index is 5.84. The van der Waals surface area contributed by atoms with Crippen LogP contribution in [0, 0.1) is 13.8 Å². The van der Waals surface area contributed by atoms with Gasteiger partial charge in [-0.1, -0.05) is 12.8 Å². The molecule has 3 N–H and O–H groups in total. The molecule has 92 valence electrons. The molecule has 5 nitrogen and oxygen atoms in total. The first-order valence-electron chi connectivity index (χ1n) is 6.06. The van der Waals surface area contributed by atoms with Gasteiger partial charge in [-0.05, 0) is 32.8 Å². The van der Waals surface area contributed by atoms with Gasteiger partial charge >= 0.3 is 0 Å². The Morgan fingerprint density at radius 1 is 1.29 bits per heavy atom. The Morgan fingerprint density at radius 3 is 2.47 bits per heavy atom. The molecule has 0 aromatic carbocycles. The molecule has 0 radical (unpaired) electrons. The van der Waals surface area contributed by atoms with Crippen molar-refractivity contribution in [2.75, 3.05) is 5.32 Å². The lowest BCUT2D eigenvalue weighted by Crippen LogP contribution is -2.26. The molecule has 1 aromatic heterocycles. The zero-order valence-corrected chi connectivity index (χ0v) is 10.4. The number of hydrogen-bond donors (Lipinski definition) is 2. The number of aliphatic imine (C=N–C) groups is 1. The molecule has 1 aliphatic carbocycles. The predicted molar refractivity (Wildman–Crippen MR) is 69.0 cm³/mol. The van der Waals surface area contributed by atoms with Crippen molar-refractivity contribution < 1.29 is 0 Å². The van der Waals surface area contributed by atoms with Crippen LogP contribution in [0.2, 0.25) is 0 Å². The van der Waals surface area contributed by atoms with Crippen LogP contribution in [-0.4, -0.2) is 22.0 Å². The summed E-state index contributed by atoms with van der Waals surface area (Å²) in [4.78, 5) is 13.0. The zero-order chi connectivity index (χ0) is 12.3. The normalized spacial score (nSPS) is 17.4. The summed E-state index contributed by atoms with van der Waals surface area (Å²) >= 11 is 0. The van der Waals surface area contributed by atoms with Gasteiger partial charge in [0.2, 0.25) is 5.95 Å². The smallest absolute Gasteiger partial charge is 0.229 e. The van der Waals surface area contributed by atoms with Gasteiger partial charge in [-0.25, -0.2) is 15.0 Å². The Hall–Kier alpha value is -1.65. The minimum Gasteiger partial charge on any atom is -0.370 e. The van der Waals surface area contributed by atoms with E-state index in [0.29, 0.717) is 17.9 Å². The van der Waals surface area contributed by atoms with E-state index < -0.39 is 0 Å². The SMILES string of the molecule is Cc1cc(C)nc(NC(N)=NC2CCCC2)n1. The number of aryl methyl sites for hydroxylation is 2. The quantitative estimate of drug-likeness (QED) is 0.603. The lowest BCUT2D eigenvalue weighted by molar-refractivity contribution is 0.705. The highest BCUT2D eigenvalue weighted by atomic mass is 15.2. The van der Waals surface area contributed by atoms with Crippen LogP contribution in [-0.2, 0) is 0 Å². The minimum absolute atomic E-state index is 0.369. The predicted octanol–water partition coefficient (Wildman–Crippen LogP) is 1.76. The van der Waals surface area contributed by atoms with E-state index in [1.807, 2.05) is 19.9 Å². The fraction of sp³-hybridized carbons (Fsp3) is 0.583. The number of nitrogens with zero attached hydrogens (tertiary/aromatic N) is 3. The number of nitrogens with two attached hydrogens (primary N) is 1. The summed E-state index contributed by atoms with van der Waals surface area (Å²) in [6, 6.07) is 2.29. The molecule has 0 bridgehead atoms. The van der Waals surface area contributed by atoms with Crippen molar-refractivity contribution in [1.82, 2.24) is 9.97 Å². The van der Waals surface area contributed by atoms with Crippen LogP contribution in [0.25, 0.3) is 0 Å². The second kappa shape index (κ2) is 5.12. The van der Waals surface area contributed by atoms with Gasteiger partial charge in [-0.15, -0.1) is 0 Å². The molecule has 0 saturated heterocycles. The monoisotopic (exact) mass is 233 g/mol. The number of rotatable bonds is 2. The summed E-state index contributed by atoms with van der Waals surface area (Å²) in [5, 5.41) is 2.96. The topological polar surface area (TPSA) is 76.2 Å². The molecule has 1 aromatic rings. The van der Waals surface area contributed by atoms with Crippen LogP contribution in [0.3, 0.4) is 0 Å². The molecular weight excluding hydrogens is 214 g/mol. The van der Waals surface area contributed by atoms with Gasteiger partial charge in [0.05, 0.1) is 6.04 Å². The highest BCUT2D eigenvalue weighted by Gasteiger charge is 2.14. The van der Waals surface area contributed by atoms with Crippen molar-refractivity contribution in [1.29, 1.82) is 0 Å². The van der Waals surface area contributed by atoms with Crippen LogP contribution >= 0.6 is 0 Å². The van der Waals surface area contributed by atoms with E-state index in [4.69, 9.17) is 5.73 Å². The van der Waals surface area contributed by atoms with Gasteiger partial charge in [0.15, 0.2) is 5.96 Å². The molecule has 17 heavy (non-hydrogen) atoms. The van der Waals surface area contributed by atoms with Gasteiger partial charge in [0.1, 0.15) is 0 Å². The fourth-order valence-corrected chi connectivity index (χ4v) is 2.16. The summed E-state index contributed by atoms with van der Waals surface area (Å²) in [5.41, 5.74) is 7.69. The highest BCUT2D eigenvalue weighted by molar-refractivity contribution is 5.90. The Morgan fingerprint density at radius 2 is 1.88 bits per heavy atom. The number of anilines is 1. The first kappa shape index (κ1) is 11.8. The Balaban J connectivity index is 2.03. The second-order valence-electron chi connectivity index (χ2n) is 4.55. The fourth-order valence-electron chi connectivity index (χ4n) is 2.16. The highest BCUT2D eigenvalue weighted by Crippen LogP contribution is 2.20. The summed E-state index contributed by atoms with van der Waals surface area (Å²) in [7, 11) is 0. The molecule has 1 heterocycles. The maximum Gasteiger partial charge on any atom is 0.229 e. The third-order valence-electron chi connectivity index (χ3n) is 2.87. The van der Waals surface area contributed by atoms with E-state index >= 15 is 0 Å². The van der Waals surface area contributed by atoms with Crippen LogP contribution < -0.4 is 11.1 Å². The molecule has 0 unspecified atom stereocenters. The van der Waals surface area contributed by atoms with Crippen LogP contribution in [0.1, 0.15) is 37.1 Å². The summed E-state index contributed by atoms with van der Waals surface area (Å²) < 4.78 is 0. The maximum absolute atomic E-state index is 5.84. The first-order chi connectivity index (χ1) is 8.13. The van der Waals surface area contributed by atoms with Gasteiger partial charge in [-0.2, -0.15) is 0 Å². The van der Waals surface area contributed by atoms with Crippen LogP contribution in [0.15, 0.2) is 11.1 Å². The van der Waals surface area contributed by atoms with Crippen molar-refractivity contribution in [3.05, 3.63) is 17.5 Å². The largest absolute Gasteiger partial charge is 0.370 e. The third-order valence-corrected chi connectivity index (χ3v) is 2.87. The Kier molecular flexibility index (Phi) is 3.56. The number of guanidine groups is 1. The number of aromatic nitrogens is 2. The Bertz CT molecular complexity index is 401. The van der Waals surface area contributed by atoms with Crippen molar-refractivity contribution in [3.63, 3.8) is 0 Å². The molecule has 0 aliphatic heterocycles. The average molecular weight is 233 g/mol. The van der Waals surface area contributed by atoms with Gasteiger partial charge in [0, 0.05) is 11.4 Å². The standard InChI is InChI=1S/C12H19N5/c1-8-7-9(2)15-12(14-8)17-11(13)16-10-5-3-4-6-10/h7,10H,3-6H2,1-2H3,(H3,13,14,15,16,17). The van der Waals surface area contributed by atoms with Crippen molar-refractivity contribution in [2.24, 2.45) is 10.7 Å². The zero-order valence-electron chi connectivity index (χ0n) is 10.4. The molecular formula is C12H19N5. The average Bonchev–Trinajstić information content (AvgIpc) is 2.67. The van der Waals surface area contributed by atoms with Crippen molar-refractivity contribution in [3.8, 4) is 0 Å². The van der Waals surface area contributed by atoms with Gasteiger partial charge in [-0.3, -0.25) is 5.32 Å². The van der Waals surface area contributed by atoms with E-state index in [9.17, 15) is 0 Å². The molecule has 1 aliphatic rings. The molecule has 0 amide bonds. The molecule has 1 fully saturated rings. The van der Waals surface area contributed by atoms with E-state index in [0.717, 1.165) is 24.2 Å². The molecule has 0 atom stereocenters. The van der Waals surface area contributed by atoms with E-state index in [1.54, 1.807) is 0 Å². The molecule has 1 saturated carbocycles. The van der Waals surface area contributed by atoms with Crippen LogP contribution in [0.4, 0.5) is 5.95 Å². The van der Waals surface area contributed by atoms with Crippen molar-refractivity contribution >= 4 is 11.9 Å². The molecule has 5 heteroatoms. The lowest BCUT2D eigenvalue weighted by Gasteiger charge is -2.08. The van der Waals surface area contributed by atoms with Crippen molar-refractivity contribution in [2.45, 2.75) is 45.6 Å². The third kappa shape index (κ3) is 3.41. The van der Waals surface area contributed by atoms with Gasteiger partial charge < -0.3 is 5.73 Å². The number of nitrogens with one attached hydrogen (secondary N) is 1. The molecule has 2 rings (SSSR count). The van der Waals surface area contributed by atoms with E-state index in [-0.39, 0.29) is 0 Å². The van der Waals surface area contributed by atoms with E-state index in [2.05, 4.69) is 20.3 Å². The minimum atomic E-state index is 0.369. The summed E-state index contributed by atoms with van der Waals surface area (Å²) in [6.45, 7) is 3.87. The number of hydrogen-bond acceptors (Lipinski definition) is 3. The van der Waals surface area contributed by atoms with Gasteiger partial charge in [0.25, 0.3) is 0 Å². The first-order valence-corrected chi connectivity index (χ1v) is 6.06. The summed E-state index contributed by atoms with van der Waals surface area (Å²) in [6.07, 6.45) is 4.77. The lowest BCUT2D eigenvalue weighted by atomic mass is 10.3. The van der Waals surface area contributed by atoms with Crippen LogP contribution in [0.5, 0.6) is 0 Å². The Labute approximate surface area is 102 Å². The van der Waals surface area contributed by atoms with E-state index in [1.165, 1.54) is 12.8 Å². The molecule has 0 spiro atoms.